The van der Waals surface area contributed by atoms with Crippen molar-refractivity contribution in [1.82, 2.24) is 9.62 Å². The van der Waals surface area contributed by atoms with E-state index in [1.807, 2.05) is 32.1 Å². The fourth-order valence-electron chi connectivity index (χ4n) is 5.33. The number of nitrogens with zero attached hydrogens (tertiary/aromatic N) is 1. The van der Waals surface area contributed by atoms with E-state index in [4.69, 9.17) is 14.2 Å². The van der Waals surface area contributed by atoms with Crippen LogP contribution in [0.3, 0.4) is 0 Å². The zero-order valence-electron chi connectivity index (χ0n) is 26.1. The number of halogens is 3. The first-order valence-corrected chi connectivity index (χ1v) is 16.7. The molecule has 258 valence electrons. The second kappa shape index (κ2) is 16.1. The number of aliphatic hydroxyl groups is 1. The van der Waals surface area contributed by atoms with Gasteiger partial charge in [-0.3, -0.25) is 9.59 Å². The van der Waals surface area contributed by atoms with Gasteiger partial charge < -0.3 is 30.0 Å². The number of ether oxygens (including phenoxy) is 3. The van der Waals surface area contributed by atoms with Crippen LogP contribution in [0.2, 0.25) is 0 Å². The number of sulfonamides is 1. The van der Waals surface area contributed by atoms with Crippen molar-refractivity contribution in [1.29, 1.82) is 0 Å². The minimum Gasteiger partial charge on any atom is -0.453 e. The highest BCUT2D eigenvalue weighted by Gasteiger charge is 2.37. The SMILES string of the molecule is CC(C)CN(C[C@@H](O)[C@H](CC1=CCCC=C1)NC(=O)[C@H](CNc1ccc(C(F)(F)F)cc1)OC=O)S(=O)(=O)C1=CC2OCOC2C=C1. The van der Waals surface area contributed by atoms with Crippen LogP contribution in [0, 0.1) is 5.92 Å². The first kappa shape index (κ1) is 36.3. The molecule has 0 spiro atoms. The molecule has 11 nitrogen and oxygen atoms in total. The maximum atomic E-state index is 13.8. The van der Waals surface area contributed by atoms with E-state index in [1.54, 1.807) is 6.08 Å². The lowest BCUT2D eigenvalue weighted by atomic mass is 9.96. The van der Waals surface area contributed by atoms with Gasteiger partial charge in [0.25, 0.3) is 12.4 Å². The van der Waals surface area contributed by atoms with Crippen molar-refractivity contribution in [2.75, 3.05) is 31.7 Å². The average Bonchev–Trinajstić information content (AvgIpc) is 3.50. The number of allylic oxidation sites excluding steroid dienone is 4. The summed E-state index contributed by atoms with van der Waals surface area (Å²) in [5.74, 6) is -0.899. The van der Waals surface area contributed by atoms with Crippen molar-refractivity contribution >= 4 is 28.1 Å². The van der Waals surface area contributed by atoms with Crippen molar-refractivity contribution < 1.29 is 50.5 Å². The molecule has 1 aromatic carbocycles. The lowest BCUT2D eigenvalue weighted by Crippen LogP contribution is -2.53. The zero-order valence-corrected chi connectivity index (χ0v) is 26.9. The van der Waals surface area contributed by atoms with E-state index in [1.165, 1.54) is 28.6 Å². The Morgan fingerprint density at radius 2 is 1.85 bits per heavy atom. The van der Waals surface area contributed by atoms with Gasteiger partial charge in [0.15, 0.2) is 6.10 Å². The third-order valence-electron chi connectivity index (χ3n) is 7.76. The molecule has 3 N–H and O–H groups in total. The van der Waals surface area contributed by atoms with E-state index in [-0.39, 0.29) is 61.9 Å². The van der Waals surface area contributed by atoms with Crippen LogP contribution in [0.1, 0.15) is 38.7 Å². The number of hydrogen-bond donors (Lipinski definition) is 3. The molecule has 1 fully saturated rings. The fourth-order valence-corrected chi connectivity index (χ4v) is 7.02. The van der Waals surface area contributed by atoms with Crippen LogP contribution in [0.25, 0.3) is 0 Å². The number of benzene rings is 1. The molecule has 1 aromatic rings. The summed E-state index contributed by atoms with van der Waals surface area (Å²) >= 11 is 0. The normalized spacial score (nSPS) is 21.4. The number of nitrogens with one attached hydrogen (secondary N) is 2. The molecule has 1 heterocycles. The van der Waals surface area contributed by atoms with E-state index in [2.05, 4.69) is 10.6 Å². The first-order chi connectivity index (χ1) is 22.3. The third-order valence-corrected chi connectivity index (χ3v) is 9.60. The van der Waals surface area contributed by atoms with Gasteiger partial charge in [0, 0.05) is 18.8 Å². The third kappa shape index (κ3) is 10.00. The van der Waals surface area contributed by atoms with E-state index in [0.717, 1.165) is 30.5 Å². The molecule has 5 atom stereocenters. The predicted molar refractivity (Wildman–Crippen MR) is 167 cm³/mol. The molecule has 15 heteroatoms. The first-order valence-electron chi connectivity index (χ1n) is 15.3. The number of fused-ring (bicyclic) bond motifs is 1. The van der Waals surface area contributed by atoms with Crippen LogP contribution in [0.4, 0.5) is 18.9 Å². The van der Waals surface area contributed by atoms with Crippen LogP contribution in [0.15, 0.2) is 71.2 Å². The second-order valence-electron chi connectivity index (χ2n) is 11.8. The molecule has 4 rings (SSSR count). The summed E-state index contributed by atoms with van der Waals surface area (Å²) in [7, 11) is -4.11. The molecule has 1 saturated heterocycles. The Balaban J connectivity index is 1.51. The molecule has 2 aliphatic carbocycles. The number of rotatable bonds is 16. The molecule has 0 aromatic heterocycles. The van der Waals surface area contributed by atoms with Gasteiger partial charge >= 0.3 is 6.18 Å². The van der Waals surface area contributed by atoms with Gasteiger partial charge in [0.05, 0.1) is 29.2 Å². The molecule has 0 saturated carbocycles. The van der Waals surface area contributed by atoms with E-state index in [0.29, 0.717) is 0 Å². The highest BCUT2D eigenvalue weighted by molar-refractivity contribution is 7.93. The number of alkyl halides is 3. The van der Waals surface area contributed by atoms with Gasteiger partial charge in [0.1, 0.15) is 19.0 Å². The standard InChI is InChI=1S/C32H40F3N3O8S/c1-21(2)17-38(47(42,43)25-12-13-28-29(15-25)46-20-45-28)18-27(40)26(14-22-6-4-3-5-7-22)37-31(41)30(44-19-39)16-36-24-10-8-23(9-11-24)32(33,34)35/h4,6-13,15,19,21,26-30,36,40H,3,5,14,16-18,20H2,1-2H3,(H,37,41)/t26-,27+,28?,29?,30-/m0/s1. The summed E-state index contributed by atoms with van der Waals surface area (Å²) < 4.78 is 83.5. The monoisotopic (exact) mass is 683 g/mol. The Hall–Kier alpha value is -3.50. The van der Waals surface area contributed by atoms with Crippen molar-refractivity contribution in [2.45, 2.75) is 69.7 Å². The van der Waals surface area contributed by atoms with Crippen LogP contribution in [-0.4, -0.2) is 87.1 Å². The molecule has 0 radical (unpaired) electrons. The molecule has 3 aliphatic rings. The smallest absolute Gasteiger partial charge is 0.416 e. The number of anilines is 1. The molecule has 47 heavy (non-hydrogen) atoms. The number of amides is 1. The van der Waals surface area contributed by atoms with Crippen molar-refractivity contribution in [3.63, 3.8) is 0 Å². The summed E-state index contributed by atoms with van der Waals surface area (Å²) in [6.07, 6.45) is 3.77. The molecule has 1 aliphatic heterocycles. The van der Waals surface area contributed by atoms with Gasteiger partial charge in [-0.1, -0.05) is 43.7 Å². The highest BCUT2D eigenvalue weighted by Crippen LogP contribution is 2.30. The molecular formula is C32H40F3N3O8S. The van der Waals surface area contributed by atoms with E-state index >= 15 is 0 Å². The van der Waals surface area contributed by atoms with Crippen molar-refractivity contribution in [3.8, 4) is 0 Å². The Labute approximate surface area is 272 Å². The number of hydrogen-bond acceptors (Lipinski definition) is 9. The van der Waals surface area contributed by atoms with E-state index < -0.39 is 52.0 Å². The van der Waals surface area contributed by atoms with Crippen molar-refractivity contribution in [3.05, 3.63) is 76.8 Å². The van der Waals surface area contributed by atoms with Crippen molar-refractivity contribution in [2.24, 2.45) is 5.92 Å². The maximum Gasteiger partial charge on any atom is 0.416 e. The van der Waals surface area contributed by atoms with E-state index in [9.17, 15) is 36.3 Å². The minimum atomic E-state index is -4.52. The Kier molecular flexibility index (Phi) is 12.4. The van der Waals surface area contributed by atoms with Gasteiger partial charge in [-0.25, -0.2) is 8.42 Å². The number of carbonyl (C=O) groups is 2. The van der Waals surface area contributed by atoms with Gasteiger partial charge in [-0.15, -0.1) is 0 Å². The predicted octanol–water partition coefficient (Wildman–Crippen LogP) is 3.65. The van der Waals surface area contributed by atoms with Crippen LogP contribution in [0.5, 0.6) is 0 Å². The van der Waals surface area contributed by atoms with Crippen LogP contribution in [-0.2, 0) is 40.0 Å². The number of carbonyl (C=O) groups excluding carboxylic acids is 2. The van der Waals surface area contributed by atoms with Gasteiger partial charge in [-0.05, 0) is 61.6 Å². The summed E-state index contributed by atoms with van der Waals surface area (Å²) in [4.78, 5) is 24.7. The summed E-state index contributed by atoms with van der Waals surface area (Å²) in [5.41, 5.74) is 0.219. The number of aliphatic hydroxyl groups excluding tert-OH is 1. The largest absolute Gasteiger partial charge is 0.453 e. The zero-order chi connectivity index (χ0) is 34.2. The molecular weight excluding hydrogens is 643 g/mol. The fraction of sp³-hybridized carbons (Fsp3) is 0.500. The lowest BCUT2D eigenvalue weighted by Gasteiger charge is -2.32. The quantitative estimate of drug-likeness (QED) is 0.223. The lowest BCUT2D eigenvalue weighted by molar-refractivity contribution is -0.144. The van der Waals surface area contributed by atoms with Crippen LogP contribution >= 0.6 is 0 Å². The maximum absolute atomic E-state index is 13.8. The highest BCUT2D eigenvalue weighted by atomic mass is 32.2. The minimum absolute atomic E-state index is 0.00407. The Morgan fingerprint density at radius 1 is 1.13 bits per heavy atom. The summed E-state index contributed by atoms with van der Waals surface area (Å²) in [6, 6.07) is 3.11. The second-order valence-corrected chi connectivity index (χ2v) is 13.8. The Bertz CT molecular complexity index is 1470. The Morgan fingerprint density at radius 3 is 2.49 bits per heavy atom. The summed E-state index contributed by atoms with van der Waals surface area (Å²) in [5, 5.41) is 17.0. The van der Waals surface area contributed by atoms with Gasteiger partial charge in [-0.2, -0.15) is 17.5 Å². The molecule has 2 unspecified atom stereocenters. The molecule has 0 bridgehead atoms. The van der Waals surface area contributed by atoms with Crippen LogP contribution < -0.4 is 10.6 Å². The van der Waals surface area contributed by atoms with Gasteiger partial charge in [0.2, 0.25) is 10.0 Å². The average molecular weight is 684 g/mol. The summed E-state index contributed by atoms with van der Waals surface area (Å²) in [6.45, 7) is 3.22. The molecule has 1 amide bonds. The topological polar surface area (TPSA) is 143 Å².